The molecule has 0 bridgehead atoms. The van der Waals surface area contributed by atoms with Gasteiger partial charge in [-0.3, -0.25) is 14.8 Å². The number of nitrogens with zero attached hydrogens (tertiary/aromatic N) is 2. The third-order valence-electron chi connectivity index (χ3n) is 3.10. The van der Waals surface area contributed by atoms with Gasteiger partial charge in [-0.2, -0.15) is 0 Å². The molecule has 1 N–H and O–H groups in total. The highest BCUT2D eigenvalue weighted by Crippen LogP contribution is 2.23. The molecule has 9 heteroatoms. The highest BCUT2D eigenvalue weighted by atomic mass is 32.2. The number of aryl methyl sites for hydroxylation is 3. The van der Waals surface area contributed by atoms with E-state index >= 15 is 0 Å². The molecule has 22 heavy (non-hydrogen) atoms. The third-order valence-corrected chi connectivity index (χ3v) is 5.46. The number of nitro benzene ring substituents is 1. The van der Waals surface area contributed by atoms with Crippen molar-refractivity contribution in [2.75, 3.05) is 10.5 Å². The van der Waals surface area contributed by atoms with E-state index in [0.29, 0.717) is 10.7 Å². The van der Waals surface area contributed by atoms with Crippen molar-refractivity contribution in [3.63, 3.8) is 0 Å². The smallest absolute Gasteiger partial charge is 0.259 e. The summed E-state index contributed by atoms with van der Waals surface area (Å²) in [6.45, 7) is 3.66. The summed E-state index contributed by atoms with van der Waals surface area (Å²) < 4.78 is 26.5. The van der Waals surface area contributed by atoms with Crippen LogP contribution >= 0.6 is 11.3 Å². The molecule has 0 saturated heterocycles. The van der Waals surface area contributed by atoms with Crippen molar-refractivity contribution in [2.24, 2.45) is 0 Å². The van der Waals surface area contributed by atoms with E-state index in [1.165, 1.54) is 17.4 Å². The molecule has 0 aliphatic rings. The average Bonchev–Trinajstić information content (AvgIpc) is 2.74. The molecule has 0 saturated carbocycles. The number of rotatable bonds is 6. The van der Waals surface area contributed by atoms with Gasteiger partial charge in [0, 0.05) is 16.5 Å². The molecule has 0 fully saturated rings. The molecule has 2 aromatic rings. The van der Waals surface area contributed by atoms with Gasteiger partial charge in [0.05, 0.1) is 16.4 Å². The van der Waals surface area contributed by atoms with Gasteiger partial charge >= 0.3 is 0 Å². The molecule has 118 valence electrons. The molecule has 2 rings (SSSR count). The lowest BCUT2D eigenvalue weighted by Crippen LogP contribution is -2.18. The van der Waals surface area contributed by atoms with Crippen molar-refractivity contribution in [1.82, 2.24) is 4.98 Å². The van der Waals surface area contributed by atoms with Gasteiger partial charge in [0.25, 0.3) is 5.69 Å². The van der Waals surface area contributed by atoms with Crippen molar-refractivity contribution >= 4 is 32.2 Å². The molecule has 0 amide bonds. The van der Waals surface area contributed by atoms with Crippen molar-refractivity contribution in [1.29, 1.82) is 0 Å². The Hall–Kier alpha value is -2.00. The van der Waals surface area contributed by atoms with Crippen LogP contribution < -0.4 is 4.72 Å². The number of nitro groups is 1. The van der Waals surface area contributed by atoms with E-state index in [1.54, 1.807) is 25.1 Å². The van der Waals surface area contributed by atoms with Gasteiger partial charge in [0.15, 0.2) is 5.13 Å². The van der Waals surface area contributed by atoms with E-state index in [0.717, 1.165) is 10.6 Å². The fourth-order valence-electron chi connectivity index (χ4n) is 1.85. The maximum Gasteiger partial charge on any atom is 0.272 e. The zero-order valence-corrected chi connectivity index (χ0v) is 13.7. The Balaban J connectivity index is 2.08. The lowest BCUT2D eigenvalue weighted by Gasteiger charge is -2.05. The van der Waals surface area contributed by atoms with Crippen LogP contribution in [-0.4, -0.2) is 24.1 Å². The van der Waals surface area contributed by atoms with Gasteiger partial charge in [-0.1, -0.05) is 18.2 Å². The van der Waals surface area contributed by atoms with Crippen LogP contribution in [0.2, 0.25) is 0 Å². The minimum atomic E-state index is -3.60. The van der Waals surface area contributed by atoms with Gasteiger partial charge in [-0.15, -0.1) is 11.3 Å². The lowest BCUT2D eigenvalue weighted by atomic mass is 10.1. The van der Waals surface area contributed by atoms with Crippen LogP contribution in [0.3, 0.4) is 0 Å². The highest BCUT2D eigenvalue weighted by molar-refractivity contribution is 7.92. The number of aromatic nitrogens is 1. The predicted molar refractivity (Wildman–Crippen MR) is 85.8 cm³/mol. The lowest BCUT2D eigenvalue weighted by molar-refractivity contribution is -0.385. The summed E-state index contributed by atoms with van der Waals surface area (Å²) in [4.78, 5) is 15.5. The summed E-state index contributed by atoms with van der Waals surface area (Å²) in [6, 6.07) is 6.12. The van der Waals surface area contributed by atoms with E-state index in [9.17, 15) is 18.5 Å². The molecule has 7 nitrogen and oxygen atoms in total. The topological polar surface area (TPSA) is 102 Å². The number of hydrogen-bond donors (Lipinski definition) is 1. The summed E-state index contributed by atoms with van der Waals surface area (Å²) in [5.41, 5.74) is 1.10. The highest BCUT2D eigenvalue weighted by Gasteiger charge is 2.18. The van der Waals surface area contributed by atoms with Crippen molar-refractivity contribution in [3.05, 3.63) is 50.5 Å². The first-order chi connectivity index (χ1) is 10.3. The number of benzene rings is 1. The minimum Gasteiger partial charge on any atom is -0.259 e. The maximum absolute atomic E-state index is 12.1. The Morgan fingerprint density at radius 1 is 1.32 bits per heavy atom. The largest absolute Gasteiger partial charge is 0.272 e. The maximum atomic E-state index is 12.1. The summed E-state index contributed by atoms with van der Waals surface area (Å²) in [5.74, 6) is -0.241. The number of sulfonamides is 1. The number of nitrogens with one attached hydrogen (secondary N) is 1. The number of thiazole rings is 1. The average molecular weight is 341 g/mol. The zero-order chi connectivity index (χ0) is 16.3. The number of para-hydroxylation sites is 1. The van der Waals surface area contributed by atoms with Crippen LogP contribution in [0.1, 0.15) is 16.1 Å². The summed E-state index contributed by atoms with van der Waals surface area (Å²) in [7, 11) is -3.60. The van der Waals surface area contributed by atoms with Gasteiger partial charge in [-0.05, 0) is 20.3 Å². The van der Waals surface area contributed by atoms with Crippen molar-refractivity contribution < 1.29 is 13.3 Å². The Bertz CT molecular complexity index is 780. The van der Waals surface area contributed by atoms with Gasteiger partial charge in [-0.25, -0.2) is 13.4 Å². The van der Waals surface area contributed by atoms with Crippen molar-refractivity contribution in [3.8, 4) is 0 Å². The molecule has 0 unspecified atom stereocenters. The van der Waals surface area contributed by atoms with Crippen molar-refractivity contribution in [2.45, 2.75) is 20.3 Å². The number of hydrogen-bond acceptors (Lipinski definition) is 6. The quantitative estimate of drug-likeness (QED) is 0.643. The number of anilines is 1. The Labute approximate surface area is 132 Å². The van der Waals surface area contributed by atoms with Gasteiger partial charge in [0.1, 0.15) is 0 Å². The van der Waals surface area contributed by atoms with E-state index < -0.39 is 14.9 Å². The van der Waals surface area contributed by atoms with Crippen LogP contribution in [0, 0.1) is 24.0 Å². The van der Waals surface area contributed by atoms with Gasteiger partial charge in [0.2, 0.25) is 10.0 Å². The zero-order valence-electron chi connectivity index (χ0n) is 12.1. The van der Waals surface area contributed by atoms with Crippen LogP contribution in [-0.2, 0) is 16.4 Å². The molecule has 1 aromatic heterocycles. The molecular weight excluding hydrogens is 326 g/mol. The van der Waals surface area contributed by atoms with Crippen LogP contribution in [0.15, 0.2) is 24.3 Å². The molecule has 1 heterocycles. The standard InChI is InChI=1S/C13H15N3O4S2/c1-9-10(2)21-13(14-9)15-22(19,20)8-7-11-5-3-4-6-12(11)16(17)18/h3-6H,7-8H2,1-2H3,(H,14,15). The van der Waals surface area contributed by atoms with Gasteiger partial charge < -0.3 is 0 Å². The molecular formula is C13H15N3O4S2. The molecule has 0 atom stereocenters. The molecule has 0 radical (unpaired) electrons. The normalized spacial score (nSPS) is 11.4. The second kappa shape index (κ2) is 6.41. The first-order valence-electron chi connectivity index (χ1n) is 6.45. The summed E-state index contributed by atoms with van der Waals surface area (Å²) in [6.07, 6.45) is 0.0653. The third kappa shape index (κ3) is 4.01. The van der Waals surface area contributed by atoms with E-state index in [-0.39, 0.29) is 17.9 Å². The fraction of sp³-hybridized carbons (Fsp3) is 0.308. The minimum absolute atomic E-state index is 0.0653. The van der Waals surface area contributed by atoms with E-state index in [4.69, 9.17) is 0 Å². The van der Waals surface area contributed by atoms with Crippen LogP contribution in [0.5, 0.6) is 0 Å². The Kier molecular flexibility index (Phi) is 4.77. The van der Waals surface area contributed by atoms with Crippen LogP contribution in [0.25, 0.3) is 0 Å². The fourth-order valence-corrected chi connectivity index (χ4v) is 3.96. The predicted octanol–water partition coefficient (Wildman–Crippen LogP) is 2.65. The molecule has 0 aliphatic carbocycles. The summed E-state index contributed by atoms with van der Waals surface area (Å²) in [5, 5.41) is 11.2. The van der Waals surface area contributed by atoms with Crippen LogP contribution in [0.4, 0.5) is 10.8 Å². The first-order valence-corrected chi connectivity index (χ1v) is 8.92. The molecule has 0 spiro atoms. The summed E-state index contributed by atoms with van der Waals surface area (Å²) >= 11 is 1.26. The Morgan fingerprint density at radius 3 is 2.59 bits per heavy atom. The first kappa shape index (κ1) is 16.4. The SMILES string of the molecule is Cc1nc(NS(=O)(=O)CCc2ccccc2[N+](=O)[O-])sc1C. The van der Waals surface area contributed by atoms with E-state index in [1.807, 2.05) is 6.92 Å². The monoisotopic (exact) mass is 341 g/mol. The second-order valence-corrected chi connectivity index (χ2v) is 7.76. The molecule has 1 aromatic carbocycles. The van der Waals surface area contributed by atoms with E-state index in [2.05, 4.69) is 9.71 Å². The second-order valence-electron chi connectivity index (χ2n) is 4.72. The Morgan fingerprint density at radius 2 is 2.00 bits per heavy atom. The molecule has 0 aliphatic heterocycles.